The van der Waals surface area contributed by atoms with Crippen LogP contribution in [0.4, 0.5) is 22.5 Å². The second-order valence-corrected chi connectivity index (χ2v) is 4.20. The van der Waals surface area contributed by atoms with Gasteiger partial charge in [0, 0.05) is 5.69 Å². The van der Waals surface area contributed by atoms with Gasteiger partial charge in [0.2, 0.25) is 0 Å². The van der Waals surface area contributed by atoms with E-state index in [1.165, 1.54) is 0 Å². The molecular formula is C6H5BF4NO2S-. The van der Waals surface area contributed by atoms with Gasteiger partial charge >= 0.3 is 17.2 Å². The van der Waals surface area contributed by atoms with E-state index in [1.807, 2.05) is 0 Å². The molecule has 9 heteroatoms. The lowest BCUT2D eigenvalue weighted by Crippen LogP contribution is -2.34. The van der Waals surface area contributed by atoms with E-state index in [0.29, 0.717) is 12.1 Å². The Morgan fingerprint density at radius 2 is 1.67 bits per heavy atom. The molecule has 0 unspecified atom stereocenters. The second kappa shape index (κ2) is 3.40. The average molecular weight is 242 g/mol. The van der Waals surface area contributed by atoms with Gasteiger partial charge in [0.05, 0.1) is 4.90 Å². The van der Waals surface area contributed by atoms with Crippen molar-refractivity contribution in [2.75, 3.05) is 5.73 Å². The van der Waals surface area contributed by atoms with Gasteiger partial charge < -0.3 is 18.7 Å². The van der Waals surface area contributed by atoms with Gasteiger partial charge in [-0.25, -0.2) is 0 Å². The summed E-state index contributed by atoms with van der Waals surface area (Å²) in [4.78, 5) is -1.09. The minimum Gasteiger partial charge on any atom is -0.445 e. The van der Waals surface area contributed by atoms with E-state index in [-0.39, 0.29) is 6.07 Å². The number of nitrogens with two attached hydrogens (primary N) is 1. The number of anilines is 1. The van der Waals surface area contributed by atoms with E-state index < -0.39 is 33.2 Å². The van der Waals surface area contributed by atoms with Crippen LogP contribution in [0.15, 0.2) is 23.1 Å². The molecule has 0 aromatic heterocycles. The Morgan fingerprint density at radius 1 is 1.13 bits per heavy atom. The Bertz CT molecular complexity index is 484. The van der Waals surface area contributed by atoms with Crippen LogP contribution < -0.4 is 11.2 Å². The molecule has 0 aliphatic rings. The van der Waals surface area contributed by atoms with Crippen molar-refractivity contribution in [3.8, 4) is 0 Å². The minimum absolute atomic E-state index is 0.214. The number of benzene rings is 1. The van der Waals surface area contributed by atoms with Crippen LogP contribution in [0.25, 0.3) is 0 Å². The normalized spacial score (nSPS) is 12.8. The summed E-state index contributed by atoms with van der Waals surface area (Å²) in [6.45, 7) is -5.41. The summed E-state index contributed by atoms with van der Waals surface area (Å²) in [5.74, 6) is 0. The van der Waals surface area contributed by atoms with Crippen molar-refractivity contribution in [1.29, 1.82) is 0 Å². The van der Waals surface area contributed by atoms with Gasteiger partial charge in [-0.05, 0) is 6.07 Å². The summed E-state index contributed by atoms with van der Waals surface area (Å²) in [5.41, 5.74) is 3.33. The molecule has 2 N–H and O–H groups in total. The first-order valence-electron chi connectivity index (χ1n) is 3.66. The molecule has 3 nitrogen and oxygen atoms in total. The standard InChI is InChI=1S/C6H5BF4NO2S/c8-7(9,10)4-1-5(12)3-6(2-4)15(11,13)14/h1-3H,12H2/q-1. The molecule has 0 bridgehead atoms. The number of rotatable bonds is 2. The fourth-order valence-corrected chi connectivity index (χ4v) is 1.53. The highest BCUT2D eigenvalue weighted by atomic mass is 32.3. The van der Waals surface area contributed by atoms with Crippen LogP contribution >= 0.6 is 0 Å². The van der Waals surface area contributed by atoms with Crippen molar-refractivity contribution in [3.63, 3.8) is 0 Å². The lowest BCUT2D eigenvalue weighted by Gasteiger charge is -2.15. The Morgan fingerprint density at radius 3 is 2.07 bits per heavy atom. The maximum atomic E-state index is 12.4. The first-order chi connectivity index (χ1) is 6.60. The molecule has 0 heterocycles. The molecule has 15 heavy (non-hydrogen) atoms. The summed E-state index contributed by atoms with van der Waals surface area (Å²) in [6.07, 6.45) is 0. The summed E-state index contributed by atoms with van der Waals surface area (Å²) in [6, 6.07) is 1.39. The topological polar surface area (TPSA) is 60.2 Å². The third kappa shape index (κ3) is 2.85. The number of halogens is 4. The van der Waals surface area contributed by atoms with Crippen LogP contribution in [-0.2, 0) is 10.2 Å². The quantitative estimate of drug-likeness (QED) is 0.364. The molecule has 0 atom stereocenters. The highest BCUT2D eigenvalue weighted by Gasteiger charge is 2.27. The van der Waals surface area contributed by atoms with Gasteiger partial charge in [-0.1, -0.05) is 12.1 Å². The second-order valence-electron chi connectivity index (χ2n) is 2.85. The van der Waals surface area contributed by atoms with E-state index in [4.69, 9.17) is 5.73 Å². The minimum atomic E-state index is -5.41. The molecule has 1 rings (SSSR count). The zero-order valence-corrected chi connectivity index (χ0v) is 7.94. The number of hydrogen-bond acceptors (Lipinski definition) is 3. The third-order valence-electron chi connectivity index (χ3n) is 1.61. The van der Waals surface area contributed by atoms with Crippen molar-refractivity contribution < 1.29 is 25.3 Å². The van der Waals surface area contributed by atoms with E-state index in [2.05, 4.69) is 0 Å². The molecule has 0 saturated heterocycles. The lowest BCUT2D eigenvalue weighted by molar-refractivity contribution is 0.501. The molecule has 1 aromatic carbocycles. The van der Waals surface area contributed by atoms with Gasteiger partial charge in [-0.15, -0.1) is 9.35 Å². The van der Waals surface area contributed by atoms with Crippen molar-refractivity contribution >= 4 is 28.4 Å². The largest absolute Gasteiger partial charge is 0.509 e. The first-order valence-corrected chi connectivity index (χ1v) is 5.04. The zero-order valence-electron chi connectivity index (χ0n) is 7.12. The number of nitrogen functional groups attached to an aromatic ring is 1. The molecular weight excluding hydrogens is 237 g/mol. The van der Waals surface area contributed by atoms with Gasteiger partial charge in [-0.3, -0.25) is 0 Å². The molecule has 0 aliphatic carbocycles. The Kier molecular flexibility index (Phi) is 2.68. The Labute approximate surface area is 83.2 Å². The van der Waals surface area contributed by atoms with Crippen LogP contribution in [0.2, 0.25) is 0 Å². The molecule has 0 amide bonds. The highest BCUT2D eigenvalue weighted by molar-refractivity contribution is 7.86. The molecule has 84 valence electrons. The predicted octanol–water partition coefficient (Wildman–Crippen LogP) is 0.981. The van der Waals surface area contributed by atoms with Crippen molar-refractivity contribution in [3.05, 3.63) is 18.2 Å². The van der Waals surface area contributed by atoms with Crippen LogP contribution in [0.3, 0.4) is 0 Å². The van der Waals surface area contributed by atoms with Crippen LogP contribution in [0, 0.1) is 0 Å². The summed E-state index contributed by atoms with van der Waals surface area (Å²) in [7, 11) is -5.18. The monoisotopic (exact) mass is 242 g/mol. The molecule has 0 saturated carbocycles. The summed E-state index contributed by atoms with van der Waals surface area (Å²) < 4.78 is 69.9. The smallest absolute Gasteiger partial charge is 0.445 e. The fraction of sp³-hybridized carbons (Fsp3) is 0. The molecule has 1 aromatic rings. The van der Waals surface area contributed by atoms with E-state index in [0.717, 1.165) is 0 Å². The number of hydrogen-bond donors (Lipinski definition) is 1. The lowest BCUT2D eigenvalue weighted by atomic mass is 9.80. The van der Waals surface area contributed by atoms with Gasteiger partial charge in [0.25, 0.3) is 0 Å². The third-order valence-corrected chi connectivity index (χ3v) is 2.41. The average Bonchev–Trinajstić information content (AvgIpc) is 1.99. The zero-order chi connectivity index (χ0) is 11.9. The summed E-state index contributed by atoms with van der Waals surface area (Å²) in [5, 5.41) is 0. The Balaban J connectivity index is 3.43. The maximum Gasteiger partial charge on any atom is 0.509 e. The predicted molar refractivity (Wildman–Crippen MR) is 47.9 cm³/mol. The van der Waals surface area contributed by atoms with Crippen LogP contribution in [-0.4, -0.2) is 15.4 Å². The van der Waals surface area contributed by atoms with Gasteiger partial charge in [0.15, 0.2) is 0 Å². The van der Waals surface area contributed by atoms with E-state index >= 15 is 0 Å². The molecule has 0 radical (unpaired) electrons. The van der Waals surface area contributed by atoms with Gasteiger partial charge in [0.1, 0.15) is 0 Å². The fourth-order valence-electron chi connectivity index (χ4n) is 0.976. The molecule has 0 spiro atoms. The maximum absolute atomic E-state index is 12.4. The Hall–Kier alpha value is -1.25. The molecule has 0 aliphatic heterocycles. The summed E-state index contributed by atoms with van der Waals surface area (Å²) >= 11 is 0. The van der Waals surface area contributed by atoms with E-state index in [1.54, 1.807) is 0 Å². The first kappa shape index (κ1) is 11.8. The highest BCUT2D eigenvalue weighted by Crippen LogP contribution is 2.18. The van der Waals surface area contributed by atoms with Gasteiger partial charge in [-0.2, -0.15) is 8.42 Å². The van der Waals surface area contributed by atoms with Crippen LogP contribution in [0.1, 0.15) is 0 Å². The van der Waals surface area contributed by atoms with Crippen molar-refractivity contribution in [2.45, 2.75) is 4.90 Å². The molecule has 0 fully saturated rings. The SMILES string of the molecule is Nc1cc([B-](F)(F)F)cc(S(=O)(=O)F)c1. The van der Waals surface area contributed by atoms with E-state index in [9.17, 15) is 25.3 Å². The van der Waals surface area contributed by atoms with Crippen LogP contribution in [0.5, 0.6) is 0 Å². The van der Waals surface area contributed by atoms with Crippen molar-refractivity contribution in [1.82, 2.24) is 0 Å². The van der Waals surface area contributed by atoms with Crippen molar-refractivity contribution in [2.24, 2.45) is 0 Å².